The number of hydrogen-bond donors (Lipinski definition) is 4. The van der Waals surface area contributed by atoms with E-state index in [2.05, 4.69) is 35.9 Å². The lowest BCUT2D eigenvalue weighted by atomic mass is 10.3. The van der Waals surface area contributed by atoms with Gasteiger partial charge in [-0.05, 0) is 35.9 Å². The molecule has 5 N–H and O–H groups in total. The molecule has 0 atom stereocenters. The Labute approximate surface area is 293 Å². The molecule has 0 saturated heterocycles. The van der Waals surface area contributed by atoms with Gasteiger partial charge in [-0.3, -0.25) is 0 Å². The number of methoxy groups -OCH3 is 2. The fourth-order valence-electron chi connectivity index (χ4n) is 3.65. The average Bonchev–Trinajstić information content (AvgIpc) is 3.03. The molecule has 4 rings (SSSR count). The number of benzene rings is 2. The number of anilines is 5. The van der Waals surface area contributed by atoms with Crippen LogP contribution in [0.5, 0.6) is 11.5 Å². The summed E-state index contributed by atoms with van der Waals surface area (Å²) in [5.74, 6) is -0.271. The summed E-state index contributed by atoms with van der Waals surface area (Å²) in [6.45, 7) is 0. The van der Waals surface area contributed by atoms with Crippen LogP contribution in [0.25, 0.3) is 0 Å². The monoisotopic (exact) mass is 788 g/mol. The van der Waals surface area contributed by atoms with Crippen LogP contribution in [0, 0.1) is 0 Å². The molecule has 280 valence electrons. The second-order valence-electron chi connectivity index (χ2n) is 9.79. The van der Waals surface area contributed by atoms with E-state index < -0.39 is 49.0 Å². The predicted molar refractivity (Wildman–Crippen MR) is 178 cm³/mol. The van der Waals surface area contributed by atoms with E-state index in [-0.39, 0.29) is 32.6 Å². The number of nitrogens with two attached hydrogens (primary N) is 1. The smallest absolute Gasteiger partial charge is 0.421 e. The van der Waals surface area contributed by atoms with E-state index in [0.717, 1.165) is 12.5 Å². The molecular formula is C28H31ClF6N8O6S2. The molecule has 51 heavy (non-hydrogen) atoms. The van der Waals surface area contributed by atoms with Crippen molar-refractivity contribution in [3.63, 3.8) is 0 Å². The SMILES string of the molecule is CNc1nc(Cl)ncc1C(F)(F)F.CNc1nc(Nc2ccc(S(C)(=O)=O)cc2OC)ncc1C(F)(F)F.COc1cc(S(C)(=O)=O)ccc1N. The van der Waals surface area contributed by atoms with Gasteiger partial charge in [-0.15, -0.1) is 0 Å². The Bertz CT molecular complexity index is 2050. The summed E-state index contributed by atoms with van der Waals surface area (Å²) in [5.41, 5.74) is 4.32. The second kappa shape index (κ2) is 16.9. The van der Waals surface area contributed by atoms with Crippen LogP contribution in [-0.4, -0.2) is 77.6 Å². The van der Waals surface area contributed by atoms with Crippen LogP contribution in [0.15, 0.2) is 58.6 Å². The number of hydrogen-bond acceptors (Lipinski definition) is 14. The van der Waals surface area contributed by atoms with E-state index in [1.807, 2.05) is 0 Å². The van der Waals surface area contributed by atoms with Crippen LogP contribution in [0.1, 0.15) is 11.1 Å². The minimum absolute atomic E-state index is 0.0409. The van der Waals surface area contributed by atoms with Gasteiger partial charge < -0.3 is 31.2 Å². The molecule has 0 radical (unpaired) electrons. The second-order valence-corrected chi connectivity index (χ2v) is 14.2. The maximum atomic E-state index is 12.9. The maximum Gasteiger partial charge on any atom is 0.421 e. The lowest BCUT2D eigenvalue weighted by Gasteiger charge is -2.14. The number of nitrogens with zero attached hydrogens (tertiary/aromatic N) is 4. The normalized spacial score (nSPS) is 11.6. The van der Waals surface area contributed by atoms with Gasteiger partial charge in [0.05, 0.1) is 35.4 Å². The Morgan fingerprint density at radius 2 is 1.18 bits per heavy atom. The van der Waals surface area contributed by atoms with Gasteiger partial charge in [0.25, 0.3) is 0 Å². The van der Waals surface area contributed by atoms with Crippen molar-refractivity contribution in [3.8, 4) is 11.5 Å². The number of rotatable bonds is 8. The predicted octanol–water partition coefficient (Wildman–Crippen LogP) is 5.56. The third kappa shape index (κ3) is 12.2. The van der Waals surface area contributed by atoms with Crippen LogP contribution in [0.2, 0.25) is 5.28 Å². The van der Waals surface area contributed by atoms with E-state index in [1.54, 1.807) is 0 Å². The van der Waals surface area contributed by atoms with Crippen LogP contribution in [0.3, 0.4) is 0 Å². The van der Waals surface area contributed by atoms with E-state index in [1.165, 1.54) is 64.7 Å². The molecule has 0 fully saturated rings. The summed E-state index contributed by atoms with van der Waals surface area (Å²) < 4.78 is 131. The molecule has 4 aromatic rings. The van der Waals surface area contributed by atoms with Crippen molar-refractivity contribution in [2.75, 3.05) is 62.5 Å². The first-order valence-corrected chi connectivity index (χ1v) is 17.8. The van der Waals surface area contributed by atoms with E-state index in [0.29, 0.717) is 29.5 Å². The average molecular weight is 789 g/mol. The van der Waals surface area contributed by atoms with E-state index in [9.17, 15) is 43.2 Å². The van der Waals surface area contributed by atoms with Crippen molar-refractivity contribution in [1.29, 1.82) is 0 Å². The lowest BCUT2D eigenvalue weighted by molar-refractivity contribution is -0.138. The minimum atomic E-state index is -4.59. The molecule has 0 aliphatic rings. The van der Waals surface area contributed by atoms with Crippen LogP contribution in [-0.2, 0) is 32.0 Å². The Morgan fingerprint density at radius 1 is 0.725 bits per heavy atom. The molecule has 2 aromatic heterocycles. The summed E-state index contributed by atoms with van der Waals surface area (Å²) >= 11 is 5.32. The molecule has 2 aromatic carbocycles. The van der Waals surface area contributed by atoms with Gasteiger partial charge in [-0.2, -0.15) is 31.3 Å². The minimum Gasteiger partial charge on any atom is -0.495 e. The van der Waals surface area contributed by atoms with Crippen molar-refractivity contribution in [1.82, 2.24) is 19.9 Å². The number of nitrogens with one attached hydrogen (secondary N) is 3. The largest absolute Gasteiger partial charge is 0.495 e. The quantitative estimate of drug-likeness (QED) is 0.0982. The molecular weight excluding hydrogens is 758 g/mol. The third-order valence-electron chi connectivity index (χ3n) is 6.11. The standard InChI is InChI=1S/C14H15F3N4O3S.C8H11NO3S.C6H5ClF3N3/c1-18-12-9(14(15,16)17)7-19-13(21-12)20-10-5-4-8(25(3,22)23)6-11(10)24-2;1-12-8-5-6(13(2,10)11)3-4-7(8)9;1-11-4-3(6(8,9)10)2-12-5(7)13-4/h4-7H,1-3H3,(H2,18,19,20,21);3-5H,9H2,1-2H3;2H,1H3,(H,11,12,13). The molecule has 2 heterocycles. The zero-order valence-corrected chi connectivity index (χ0v) is 29.8. The van der Waals surface area contributed by atoms with Crippen LogP contribution >= 0.6 is 11.6 Å². The molecule has 0 aliphatic carbocycles. The molecule has 0 saturated carbocycles. The molecule has 0 bridgehead atoms. The van der Waals surface area contributed by atoms with Gasteiger partial charge in [0, 0.05) is 51.1 Å². The van der Waals surface area contributed by atoms with Gasteiger partial charge in [-0.25, -0.2) is 31.8 Å². The molecule has 0 aliphatic heterocycles. The van der Waals surface area contributed by atoms with Gasteiger partial charge in [0.15, 0.2) is 19.7 Å². The van der Waals surface area contributed by atoms with Gasteiger partial charge >= 0.3 is 12.4 Å². The number of aromatic nitrogens is 4. The summed E-state index contributed by atoms with van der Waals surface area (Å²) in [6, 6.07) is 8.41. The molecule has 14 nitrogen and oxygen atoms in total. The molecule has 23 heteroatoms. The van der Waals surface area contributed by atoms with Gasteiger partial charge in [-0.1, -0.05) is 0 Å². The lowest BCUT2D eigenvalue weighted by Crippen LogP contribution is -2.12. The first-order chi connectivity index (χ1) is 23.5. The Balaban J connectivity index is 0.000000292. The highest BCUT2D eigenvalue weighted by molar-refractivity contribution is 7.91. The number of alkyl halides is 6. The summed E-state index contributed by atoms with van der Waals surface area (Å²) in [4.78, 5) is 14.3. The Kier molecular flexibility index (Phi) is 14.0. The summed E-state index contributed by atoms with van der Waals surface area (Å²) in [5, 5.41) is 7.13. The number of nitrogen functional groups attached to an aromatic ring is 1. The number of sulfone groups is 2. The number of ether oxygens (including phenoxy) is 2. The fraction of sp³-hybridized carbons (Fsp3) is 0.286. The first-order valence-electron chi connectivity index (χ1n) is 13.6. The molecule has 0 amide bonds. The third-order valence-corrected chi connectivity index (χ3v) is 8.52. The maximum absolute atomic E-state index is 12.9. The van der Waals surface area contributed by atoms with E-state index in [4.69, 9.17) is 26.8 Å². The van der Waals surface area contributed by atoms with Crippen molar-refractivity contribution in [3.05, 3.63) is 65.2 Å². The van der Waals surface area contributed by atoms with Crippen LogP contribution in [0.4, 0.5) is 55.3 Å². The Morgan fingerprint density at radius 3 is 1.63 bits per heavy atom. The Hall–Kier alpha value is -4.83. The van der Waals surface area contributed by atoms with Gasteiger partial charge in [0.2, 0.25) is 11.2 Å². The van der Waals surface area contributed by atoms with E-state index >= 15 is 0 Å². The van der Waals surface area contributed by atoms with Crippen molar-refractivity contribution < 1.29 is 52.7 Å². The first kappa shape index (κ1) is 42.3. The number of halogens is 7. The topological polar surface area (TPSA) is 200 Å². The summed E-state index contributed by atoms with van der Waals surface area (Å²) in [7, 11) is -1.21. The fourth-order valence-corrected chi connectivity index (χ4v) is 5.05. The van der Waals surface area contributed by atoms with Crippen LogP contribution < -0.4 is 31.2 Å². The molecule has 0 unspecified atom stereocenters. The van der Waals surface area contributed by atoms with Crippen molar-refractivity contribution >= 4 is 60.2 Å². The highest BCUT2D eigenvalue weighted by Gasteiger charge is 2.36. The highest BCUT2D eigenvalue weighted by atomic mass is 35.5. The van der Waals surface area contributed by atoms with Crippen molar-refractivity contribution in [2.24, 2.45) is 0 Å². The van der Waals surface area contributed by atoms with Gasteiger partial charge in [0.1, 0.15) is 34.3 Å². The van der Waals surface area contributed by atoms with Crippen molar-refractivity contribution in [2.45, 2.75) is 22.1 Å². The highest BCUT2D eigenvalue weighted by Crippen LogP contribution is 2.35. The molecule has 0 spiro atoms. The summed E-state index contributed by atoms with van der Waals surface area (Å²) in [6.07, 6.45) is -5.58. The zero-order valence-electron chi connectivity index (χ0n) is 27.4. The zero-order chi connectivity index (χ0) is 38.9.